The first-order chi connectivity index (χ1) is 16.2. The maximum atomic E-state index is 5.48. The van der Waals surface area contributed by atoms with Gasteiger partial charge in [0.1, 0.15) is 12.0 Å². The van der Waals surface area contributed by atoms with Crippen LogP contribution >= 0.6 is 0 Å². The SMILES string of the molecule is Cc1c(-c2ncnc3[nH]c(-c4ccc(N5CCOCC5)cc4)cc23)cccc1N(C)C1CC1. The summed E-state index contributed by atoms with van der Waals surface area (Å²) in [5.74, 6) is 0. The molecule has 33 heavy (non-hydrogen) atoms. The average Bonchev–Trinajstić information content (AvgIpc) is 3.62. The van der Waals surface area contributed by atoms with Gasteiger partial charge in [0.25, 0.3) is 0 Å². The number of rotatable bonds is 5. The molecule has 1 saturated carbocycles. The molecule has 1 N–H and O–H groups in total. The highest BCUT2D eigenvalue weighted by atomic mass is 16.5. The van der Waals surface area contributed by atoms with Gasteiger partial charge in [-0.15, -0.1) is 0 Å². The maximum absolute atomic E-state index is 5.48. The van der Waals surface area contributed by atoms with Crippen LogP contribution in [0.25, 0.3) is 33.5 Å². The monoisotopic (exact) mass is 439 g/mol. The molecule has 0 amide bonds. The number of benzene rings is 2. The van der Waals surface area contributed by atoms with Crippen molar-refractivity contribution in [3.63, 3.8) is 0 Å². The summed E-state index contributed by atoms with van der Waals surface area (Å²) in [6, 6.07) is 18.1. The zero-order chi connectivity index (χ0) is 22.4. The van der Waals surface area contributed by atoms with Gasteiger partial charge in [-0.3, -0.25) is 0 Å². The number of aromatic amines is 1. The van der Waals surface area contributed by atoms with Crippen molar-refractivity contribution in [3.8, 4) is 22.5 Å². The Morgan fingerprint density at radius 3 is 2.58 bits per heavy atom. The smallest absolute Gasteiger partial charge is 0.141 e. The molecule has 2 aromatic heterocycles. The fraction of sp³-hybridized carbons (Fsp3) is 0.333. The molecule has 168 valence electrons. The fourth-order valence-corrected chi connectivity index (χ4v) is 4.90. The van der Waals surface area contributed by atoms with Crippen LogP contribution in [0, 0.1) is 6.92 Å². The number of anilines is 2. The molecule has 1 aliphatic carbocycles. The molecule has 2 fully saturated rings. The lowest BCUT2D eigenvalue weighted by molar-refractivity contribution is 0.122. The van der Waals surface area contributed by atoms with Crippen LogP contribution in [0.1, 0.15) is 18.4 Å². The van der Waals surface area contributed by atoms with E-state index in [1.54, 1.807) is 6.33 Å². The topological polar surface area (TPSA) is 57.3 Å². The van der Waals surface area contributed by atoms with Crippen molar-refractivity contribution in [1.82, 2.24) is 15.0 Å². The average molecular weight is 440 g/mol. The molecule has 6 heteroatoms. The molecule has 1 saturated heterocycles. The standard InChI is InChI=1S/C27H29N5O/c1-18-22(4-3-5-25(18)31(2)20-10-11-20)26-23-16-24(30-27(23)29-17-28-26)19-6-8-21(9-7-19)32-12-14-33-15-13-32/h3-9,16-17,20H,10-15H2,1-2H3,(H,28,29,30). The highest BCUT2D eigenvalue weighted by Crippen LogP contribution is 2.38. The molecule has 3 heterocycles. The van der Waals surface area contributed by atoms with Crippen LogP contribution in [-0.4, -0.2) is 54.3 Å². The van der Waals surface area contributed by atoms with Crippen LogP contribution in [0.5, 0.6) is 0 Å². The third-order valence-electron chi connectivity index (χ3n) is 7.02. The number of nitrogens with zero attached hydrogens (tertiary/aromatic N) is 4. The third kappa shape index (κ3) is 3.74. The van der Waals surface area contributed by atoms with Crippen molar-refractivity contribution in [3.05, 3.63) is 60.4 Å². The van der Waals surface area contributed by atoms with E-state index in [1.165, 1.54) is 35.3 Å². The number of H-pyrrole nitrogens is 1. The van der Waals surface area contributed by atoms with E-state index >= 15 is 0 Å². The van der Waals surface area contributed by atoms with E-state index in [-0.39, 0.29) is 0 Å². The van der Waals surface area contributed by atoms with E-state index < -0.39 is 0 Å². The lowest BCUT2D eigenvalue weighted by Crippen LogP contribution is -2.36. The second-order valence-corrected chi connectivity index (χ2v) is 9.11. The fourth-order valence-electron chi connectivity index (χ4n) is 4.90. The summed E-state index contributed by atoms with van der Waals surface area (Å²) in [7, 11) is 2.20. The third-order valence-corrected chi connectivity index (χ3v) is 7.02. The molecule has 6 rings (SSSR count). The van der Waals surface area contributed by atoms with E-state index in [0.29, 0.717) is 6.04 Å². The first-order valence-electron chi connectivity index (χ1n) is 11.8. The highest BCUT2D eigenvalue weighted by molar-refractivity contribution is 5.95. The molecule has 2 aliphatic rings. The van der Waals surface area contributed by atoms with E-state index in [0.717, 1.165) is 54.3 Å². The Morgan fingerprint density at radius 2 is 1.82 bits per heavy atom. The molecule has 0 radical (unpaired) electrons. The maximum Gasteiger partial charge on any atom is 0.141 e. The van der Waals surface area contributed by atoms with E-state index in [9.17, 15) is 0 Å². The minimum atomic E-state index is 0.670. The van der Waals surface area contributed by atoms with Gasteiger partial charge >= 0.3 is 0 Å². The largest absolute Gasteiger partial charge is 0.378 e. The number of fused-ring (bicyclic) bond motifs is 1. The molecule has 4 aromatic rings. The quantitative estimate of drug-likeness (QED) is 0.472. The number of ether oxygens (including phenoxy) is 1. The Hall–Kier alpha value is -3.38. The molecule has 0 bridgehead atoms. The molecular formula is C27H29N5O. The summed E-state index contributed by atoms with van der Waals surface area (Å²) in [6.07, 6.45) is 4.23. The van der Waals surface area contributed by atoms with Crippen LogP contribution in [0.2, 0.25) is 0 Å². The second-order valence-electron chi connectivity index (χ2n) is 9.11. The van der Waals surface area contributed by atoms with Crippen molar-refractivity contribution in [2.24, 2.45) is 0 Å². The van der Waals surface area contributed by atoms with Crippen LogP contribution in [-0.2, 0) is 4.74 Å². The molecule has 2 aromatic carbocycles. The Labute approximate surface area is 194 Å². The Kier molecular flexibility index (Phi) is 5.03. The van der Waals surface area contributed by atoms with Crippen molar-refractivity contribution < 1.29 is 4.74 Å². The van der Waals surface area contributed by atoms with Gasteiger partial charge in [0.15, 0.2) is 0 Å². The first kappa shape index (κ1) is 20.2. The van der Waals surface area contributed by atoms with Crippen molar-refractivity contribution in [1.29, 1.82) is 0 Å². The predicted molar refractivity (Wildman–Crippen MR) is 134 cm³/mol. The number of hydrogen-bond donors (Lipinski definition) is 1. The van der Waals surface area contributed by atoms with Gasteiger partial charge in [0.2, 0.25) is 0 Å². The molecule has 1 aliphatic heterocycles. The van der Waals surface area contributed by atoms with Crippen LogP contribution < -0.4 is 9.80 Å². The van der Waals surface area contributed by atoms with Crippen LogP contribution in [0.15, 0.2) is 54.9 Å². The summed E-state index contributed by atoms with van der Waals surface area (Å²) in [6.45, 7) is 5.68. The summed E-state index contributed by atoms with van der Waals surface area (Å²) in [5.41, 5.74) is 9.02. The van der Waals surface area contributed by atoms with E-state index in [4.69, 9.17) is 9.72 Å². The number of aromatic nitrogens is 3. The van der Waals surface area contributed by atoms with E-state index in [2.05, 4.69) is 82.3 Å². The lowest BCUT2D eigenvalue weighted by atomic mass is 10.0. The second kappa shape index (κ2) is 8.19. The number of hydrogen-bond acceptors (Lipinski definition) is 5. The molecule has 0 unspecified atom stereocenters. The predicted octanol–water partition coefficient (Wildman–Crippen LogP) is 5.04. The zero-order valence-electron chi connectivity index (χ0n) is 19.2. The Balaban J connectivity index is 1.36. The van der Waals surface area contributed by atoms with E-state index in [1.807, 2.05) is 0 Å². The summed E-state index contributed by atoms with van der Waals surface area (Å²) < 4.78 is 5.48. The normalized spacial score (nSPS) is 16.4. The van der Waals surface area contributed by atoms with Gasteiger partial charge in [-0.05, 0) is 55.2 Å². The van der Waals surface area contributed by atoms with Crippen molar-refractivity contribution in [2.45, 2.75) is 25.8 Å². The number of nitrogens with one attached hydrogen (secondary N) is 1. The molecule has 0 spiro atoms. The Morgan fingerprint density at radius 1 is 1.03 bits per heavy atom. The summed E-state index contributed by atoms with van der Waals surface area (Å²) in [5, 5.41) is 1.05. The minimum absolute atomic E-state index is 0.670. The zero-order valence-corrected chi connectivity index (χ0v) is 19.2. The van der Waals surface area contributed by atoms with Gasteiger partial charge in [0, 0.05) is 54.2 Å². The highest BCUT2D eigenvalue weighted by Gasteiger charge is 2.28. The van der Waals surface area contributed by atoms with Gasteiger partial charge in [-0.1, -0.05) is 24.3 Å². The van der Waals surface area contributed by atoms with Crippen molar-refractivity contribution in [2.75, 3.05) is 43.2 Å². The number of morpholine rings is 1. The van der Waals surface area contributed by atoms with Crippen LogP contribution in [0.4, 0.5) is 11.4 Å². The minimum Gasteiger partial charge on any atom is -0.378 e. The molecule has 0 atom stereocenters. The van der Waals surface area contributed by atoms with Crippen LogP contribution in [0.3, 0.4) is 0 Å². The van der Waals surface area contributed by atoms with Gasteiger partial charge in [0.05, 0.1) is 18.9 Å². The molecule has 6 nitrogen and oxygen atoms in total. The Bertz CT molecular complexity index is 1290. The van der Waals surface area contributed by atoms with Gasteiger partial charge in [-0.25, -0.2) is 9.97 Å². The summed E-state index contributed by atoms with van der Waals surface area (Å²) in [4.78, 5) is 17.5. The first-order valence-corrected chi connectivity index (χ1v) is 11.8. The van der Waals surface area contributed by atoms with Crippen molar-refractivity contribution >= 4 is 22.4 Å². The van der Waals surface area contributed by atoms with Gasteiger partial charge in [-0.2, -0.15) is 0 Å². The lowest BCUT2D eigenvalue weighted by Gasteiger charge is -2.28. The van der Waals surface area contributed by atoms with Gasteiger partial charge < -0.3 is 19.5 Å². The molecular weight excluding hydrogens is 410 g/mol. The summed E-state index contributed by atoms with van der Waals surface area (Å²) >= 11 is 0.